The molecule has 0 radical (unpaired) electrons. The summed E-state index contributed by atoms with van der Waals surface area (Å²) >= 11 is 4.54. The Kier molecular flexibility index (Phi) is 4.83. The van der Waals surface area contributed by atoms with Crippen molar-refractivity contribution in [2.45, 2.75) is 4.90 Å². The molecular weight excluding hydrogens is 414 g/mol. The molecule has 1 aromatic heterocycles. The van der Waals surface area contributed by atoms with Crippen molar-refractivity contribution in [2.75, 3.05) is 11.8 Å². The van der Waals surface area contributed by atoms with Crippen LogP contribution in [-0.4, -0.2) is 25.1 Å². The van der Waals surface area contributed by atoms with E-state index in [2.05, 4.69) is 30.2 Å². The second kappa shape index (κ2) is 6.88. The maximum absolute atomic E-state index is 12.6. The van der Waals surface area contributed by atoms with Crippen molar-refractivity contribution < 1.29 is 13.2 Å². The van der Waals surface area contributed by atoms with Crippen LogP contribution in [0.1, 0.15) is 0 Å². The number of methoxy groups -OCH3 is 1. The van der Waals surface area contributed by atoms with Crippen molar-refractivity contribution in [1.29, 1.82) is 0 Å². The second-order valence-corrected chi connectivity index (χ2v) is 7.94. The number of sulfonamides is 1. The number of ether oxygens (including phenoxy) is 1. The van der Waals surface area contributed by atoms with Crippen LogP contribution in [0.15, 0.2) is 57.2 Å². The van der Waals surface area contributed by atoms with Crippen molar-refractivity contribution in [1.82, 2.24) is 9.59 Å². The first-order chi connectivity index (χ1) is 11.5. The van der Waals surface area contributed by atoms with Crippen LogP contribution < -0.4 is 9.46 Å². The summed E-state index contributed by atoms with van der Waals surface area (Å²) in [5.41, 5.74) is 2.07. The highest BCUT2D eigenvalue weighted by molar-refractivity contribution is 9.10. The second-order valence-electron chi connectivity index (χ2n) is 4.77. The van der Waals surface area contributed by atoms with Crippen LogP contribution in [0, 0.1) is 0 Å². The van der Waals surface area contributed by atoms with Gasteiger partial charge in [-0.15, -0.1) is 5.10 Å². The molecule has 0 aliphatic heterocycles. The monoisotopic (exact) mass is 425 g/mol. The highest BCUT2D eigenvalue weighted by Gasteiger charge is 2.20. The molecule has 0 amide bonds. The molecule has 0 bridgehead atoms. The van der Waals surface area contributed by atoms with E-state index in [-0.39, 0.29) is 10.6 Å². The Bertz CT molecular complexity index is 943. The van der Waals surface area contributed by atoms with Gasteiger partial charge in [-0.3, -0.25) is 4.72 Å². The number of hydrogen-bond donors (Lipinski definition) is 1. The zero-order valence-corrected chi connectivity index (χ0v) is 15.7. The first kappa shape index (κ1) is 16.9. The van der Waals surface area contributed by atoms with Gasteiger partial charge in [-0.25, -0.2) is 8.42 Å². The SMILES string of the molecule is COc1ccc(Br)cc1S(=O)(=O)Nc1ccc(-c2csnn2)cc1. The Morgan fingerprint density at radius 2 is 1.92 bits per heavy atom. The molecule has 0 aliphatic carbocycles. The number of nitrogens with one attached hydrogen (secondary N) is 1. The van der Waals surface area contributed by atoms with Crippen molar-refractivity contribution in [3.05, 3.63) is 52.3 Å². The van der Waals surface area contributed by atoms with Gasteiger partial charge < -0.3 is 4.74 Å². The molecule has 1 N–H and O–H groups in total. The Morgan fingerprint density at radius 3 is 2.54 bits per heavy atom. The highest BCUT2D eigenvalue weighted by atomic mass is 79.9. The summed E-state index contributed by atoms with van der Waals surface area (Å²) in [6.07, 6.45) is 0. The normalized spacial score (nSPS) is 11.2. The molecule has 0 atom stereocenters. The van der Waals surface area contributed by atoms with Gasteiger partial charge in [-0.05, 0) is 41.9 Å². The number of hydrogen-bond acceptors (Lipinski definition) is 6. The van der Waals surface area contributed by atoms with Crippen LogP contribution in [0.3, 0.4) is 0 Å². The van der Waals surface area contributed by atoms with Crippen LogP contribution in [-0.2, 0) is 10.0 Å². The first-order valence-corrected chi connectivity index (χ1v) is 9.85. The first-order valence-electron chi connectivity index (χ1n) is 6.73. The quantitative estimate of drug-likeness (QED) is 0.672. The predicted molar refractivity (Wildman–Crippen MR) is 96.8 cm³/mol. The molecule has 3 rings (SSSR count). The molecule has 0 unspecified atom stereocenters. The van der Waals surface area contributed by atoms with E-state index >= 15 is 0 Å². The van der Waals surface area contributed by atoms with Crippen molar-refractivity contribution in [3.63, 3.8) is 0 Å². The molecule has 9 heteroatoms. The lowest BCUT2D eigenvalue weighted by Crippen LogP contribution is -2.14. The van der Waals surface area contributed by atoms with Gasteiger partial charge in [0.05, 0.1) is 7.11 Å². The zero-order chi connectivity index (χ0) is 17.2. The molecule has 0 fully saturated rings. The Labute approximate surface area is 151 Å². The fourth-order valence-electron chi connectivity index (χ4n) is 2.07. The third-order valence-corrected chi connectivity index (χ3v) is 5.61. The van der Waals surface area contributed by atoms with E-state index in [1.165, 1.54) is 24.7 Å². The van der Waals surface area contributed by atoms with Crippen LogP contribution in [0.4, 0.5) is 5.69 Å². The summed E-state index contributed by atoms with van der Waals surface area (Å²) in [6.45, 7) is 0. The fraction of sp³-hybridized carbons (Fsp3) is 0.0667. The lowest BCUT2D eigenvalue weighted by molar-refractivity contribution is 0.403. The summed E-state index contributed by atoms with van der Waals surface area (Å²) in [7, 11) is -2.35. The van der Waals surface area contributed by atoms with E-state index in [9.17, 15) is 8.42 Å². The van der Waals surface area contributed by atoms with E-state index in [1.54, 1.807) is 36.4 Å². The molecule has 124 valence electrons. The smallest absolute Gasteiger partial charge is 0.265 e. The maximum atomic E-state index is 12.6. The minimum Gasteiger partial charge on any atom is -0.495 e. The van der Waals surface area contributed by atoms with E-state index in [0.29, 0.717) is 10.2 Å². The van der Waals surface area contributed by atoms with Gasteiger partial charge in [0, 0.05) is 21.1 Å². The Hall–Kier alpha value is -1.97. The standard InChI is InChI=1S/C15H12BrN3O3S2/c1-22-14-7-4-11(16)8-15(14)24(20,21)18-12-5-2-10(3-6-12)13-9-23-19-17-13/h2-9,18H,1H3. The number of halogens is 1. The summed E-state index contributed by atoms with van der Waals surface area (Å²) in [6, 6.07) is 11.7. The lowest BCUT2D eigenvalue weighted by Gasteiger charge is -2.12. The third-order valence-electron chi connectivity index (χ3n) is 3.21. The lowest BCUT2D eigenvalue weighted by atomic mass is 10.2. The topological polar surface area (TPSA) is 81.2 Å². The van der Waals surface area contributed by atoms with E-state index in [1.807, 2.05) is 5.38 Å². The Balaban J connectivity index is 1.88. The maximum Gasteiger partial charge on any atom is 0.265 e. The molecule has 1 heterocycles. The van der Waals surface area contributed by atoms with E-state index in [0.717, 1.165) is 11.3 Å². The molecule has 2 aromatic carbocycles. The van der Waals surface area contributed by atoms with Gasteiger partial charge >= 0.3 is 0 Å². The molecule has 3 aromatic rings. The fourth-order valence-corrected chi connectivity index (χ4v) is 4.30. The summed E-state index contributed by atoms with van der Waals surface area (Å²) in [5.74, 6) is 0.274. The largest absolute Gasteiger partial charge is 0.495 e. The third kappa shape index (κ3) is 3.58. The molecule has 0 spiro atoms. The van der Waals surface area contributed by atoms with Crippen LogP contribution in [0.5, 0.6) is 5.75 Å². The average Bonchev–Trinajstić information content (AvgIpc) is 3.10. The number of benzene rings is 2. The van der Waals surface area contributed by atoms with Gasteiger partial charge in [-0.1, -0.05) is 32.6 Å². The van der Waals surface area contributed by atoms with E-state index < -0.39 is 10.0 Å². The number of nitrogens with zero attached hydrogens (tertiary/aromatic N) is 2. The molecule has 0 saturated carbocycles. The summed E-state index contributed by atoms with van der Waals surface area (Å²) in [4.78, 5) is 0.0622. The van der Waals surface area contributed by atoms with Crippen molar-refractivity contribution in [2.24, 2.45) is 0 Å². The number of rotatable bonds is 5. The van der Waals surface area contributed by atoms with Crippen molar-refractivity contribution >= 4 is 43.2 Å². The van der Waals surface area contributed by atoms with Crippen LogP contribution in [0.25, 0.3) is 11.3 Å². The summed E-state index contributed by atoms with van der Waals surface area (Å²) in [5, 5.41) is 5.80. The number of anilines is 1. The molecule has 0 aliphatic rings. The van der Waals surface area contributed by atoms with E-state index in [4.69, 9.17) is 4.74 Å². The molecule has 0 saturated heterocycles. The molecule has 24 heavy (non-hydrogen) atoms. The minimum absolute atomic E-state index is 0.0622. The predicted octanol–water partition coefficient (Wildman–Crippen LogP) is 3.78. The van der Waals surface area contributed by atoms with Gasteiger partial charge in [0.25, 0.3) is 10.0 Å². The molecule has 6 nitrogen and oxygen atoms in total. The van der Waals surface area contributed by atoms with Crippen LogP contribution >= 0.6 is 27.5 Å². The van der Waals surface area contributed by atoms with Crippen LogP contribution in [0.2, 0.25) is 0 Å². The van der Waals surface area contributed by atoms with Gasteiger partial charge in [0.1, 0.15) is 16.3 Å². The van der Waals surface area contributed by atoms with Gasteiger partial charge in [0.2, 0.25) is 0 Å². The highest BCUT2D eigenvalue weighted by Crippen LogP contribution is 2.29. The molecular formula is C15H12BrN3O3S2. The van der Waals surface area contributed by atoms with Gasteiger partial charge in [0.15, 0.2) is 0 Å². The average molecular weight is 426 g/mol. The minimum atomic E-state index is -3.78. The Morgan fingerprint density at radius 1 is 1.17 bits per heavy atom. The number of aromatic nitrogens is 2. The summed E-state index contributed by atoms with van der Waals surface area (Å²) < 4.78 is 37.4. The van der Waals surface area contributed by atoms with Gasteiger partial charge in [-0.2, -0.15) is 0 Å². The zero-order valence-electron chi connectivity index (χ0n) is 12.4. The van der Waals surface area contributed by atoms with Crippen molar-refractivity contribution in [3.8, 4) is 17.0 Å².